The van der Waals surface area contributed by atoms with Gasteiger partial charge < -0.3 is 64.7 Å². The summed E-state index contributed by atoms with van der Waals surface area (Å²) >= 11 is 5.80. The van der Waals surface area contributed by atoms with Crippen LogP contribution in [0.5, 0.6) is 0 Å². The van der Waals surface area contributed by atoms with Crippen LogP contribution in [-0.4, -0.2) is 140 Å². The molecular formula is C20H34ClNO13. The van der Waals surface area contributed by atoms with Crippen molar-refractivity contribution in [3.63, 3.8) is 0 Å². The Morgan fingerprint density at radius 2 is 1.31 bits per heavy atom. The number of rotatable bonds is 6. The van der Waals surface area contributed by atoms with Crippen LogP contribution in [-0.2, 0) is 28.5 Å². The zero-order chi connectivity index (χ0) is 26.2. The van der Waals surface area contributed by atoms with Crippen molar-refractivity contribution in [2.24, 2.45) is 0 Å². The van der Waals surface area contributed by atoms with Gasteiger partial charge in [-0.15, -0.1) is 11.6 Å². The van der Waals surface area contributed by atoms with Crippen LogP contribution in [0.1, 0.15) is 20.8 Å². The van der Waals surface area contributed by atoms with Crippen LogP contribution in [0, 0.1) is 0 Å². The Hall–Kier alpha value is -0.720. The van der Waals surface area contributed by atoms with Crippen molar-refractivity contribution < 1.29 is 64.2 Å². The minimum Gasteiger partial charge on any atom is -0.388 e. The summed E-state index contributed by atoms with van der Waals surface area (Å²) < 4.78 is 27.5. The van der Waals surface area contributed by atoms with E-state index in [1.54, 1.807) is 0 Å². The SMILES string of the molecule is CC(=O)N[C@H]1C(O)O[C@H](CCl)[C@@H](O)[C@@H]1O[C@@H]1O[C@@H](C)[C@H](O)[C@@H](O[C@@H]2O[C@@H](C)[C@H](O)[C@@H](O)[C@H]2O)[C@H]1O. The number of aliphatic hydroxyl groups is 7. The summed E-state index contributed by atoms with van der Waals surface area (Å²) in [5.74, 6) is -0.778. The second kappa shape index (κ2) is 11.8. The number of carbonyl (C=O) groups is 1. The minimum absolute atomic E-state index is 0.219. The summed E-state index contributed by atoms with van der Waals surface area (Å²) in [5.41, 5.74) is 0. The lowest BCUT2D eigenvalue weighted by molar-refractivity contribution is -0.367. The zero-order valence-corrected chi connectivity index (χ0v) is 20.1. The van der Waals surface area contributed by atoms with E-state index in [1.165, 1.54) is 20.8 Å². The lowest BCUT2D eigenvalue weighted by atomic mass is 9.95. The molecule has 35 heavy (non-hydrogen) atoms. The Balaban J connectivity index is 1.79. The highest BCUT2D eigenvalue weighted by molar-refractivity contribution is 6.18. The fraction of sp³-hybridized carbons (Fsp3) is 0.950. The molecule has 8 N–H and O–H groups in total. The number of nitrogens with one attached hydrogen (secondary N) is 1. The molecule has 0 spiro atoms. The largest absolute Gasteiger partial charge is 0.388 e. The predicted octanol–water partition coefficient (Wildman–Crippen LogP) is -4.13. The van der Waals surface area contributed by atoms with E-state index in [4.69, 9.17) is 35.3 Å². The zero-order valence-electron chi connectivity index (χ0n) is 19.3. The highest BCUT2D eigenvalue weighted by atomic mass is 35.5. The second-order valence-corrected chi connectivity index (χ2v) is 9.32. The molecule has 3 heterocycles. The van der Waals surface area contributed by atoms with Crippen molar-refractivity contribution >= 4 is 17.5 Å². The number of hydrogen-bond acceptors (Lipinski definition) is 13. The molecule has 3 rings (SSSR count). The number of amides is 1. The molecule has 14 nitrogen and oxygen atoms in total. The first kappa shape index (κ1) is 28.8. The average molecular weight is 532 g/mol. The first-order valence-corrected chi connectivity index (χ1v) is 11.8. The molecule has 3 fully saturated rings. The molecule has 3 saturated heterocycles. The summed E-state index contributed by atoms with van der Waals surface area (Å²) in [5, 5.41) is 75.1. The quantitative estimate of drug-likeness (QED) is 0.153. The topological polar surface area (TPSA) is 217 Å². The van der Waals surface area contributed by atoms with Gasteiger partial charge >= 0.3 is 0 Å². The second-order valence-electron chi connectivity index (χ2n) is 9.01. The summed E-state index contributed by atoms with van der Waals surface area (Å²) in [6.45, 7) is 4.07. The van der Waals surface area contributed by atoms with Crippen LogP contribution in [0.4, 0.5) is 0 Å². The van der Waals surface area contributed by atoms with Gasteiger partial charge in [0.25, 0.3) is 0 Å². The third-order valence-electron chi connectivity index (χ3n) is 6.39. The van der Waals surface area contributed by atoms with Gasteiger partial charge in [0.2, 0.25) is 5.91 Å². The maximum atomic E-state index is 11.6. The molecule has 15 atom stereocenters. The monoisotopic (exact) mass is 531 g/mol. The molecule has 1 unspecified atom stereocenters. The van der Waals surface area contributed by atoms with Gasteiger partial charge in [0.05, 0.1) is 18.1 Å². The Morgan fingerprint density at radius 3 is 1.89 bits per heavy atom. The molecule has 0 radical (unpaired) electrons. The van der Waals surface area contributed by atoms with Crippen molar-refractivity contribution in [1.29, 1.82) is 0 Å². The third-order valence-corrected chi connectivity index (χ3v) is 6.69. The van der Waals surface area contributed by atoms with E-state index in [-0.39, 0.29) is 5.88 Å². The van der Waals surface area contributed by atoms with Crippen molar-refractivity contribution in [1.82, 2.24) is 5.32 Å². The van der Waals surface area contributed by atoms with E-state index in [9.17, 15) is 40.5 Å². The van der Waals surface area contributed by atoms with Gasteiger partial charge in [-0.25, -0.2) is 0 Å². The molecule has 3 aliphatic heterocycles. The normalized spacial score (nSPS) is 51.1. The predicted molar refractivity (Wildman–Crippen MR) is 114 cm³/mol. The van der Waals surface area contributed by atoms with E-state index in [2.05, 4.69) is 5.32 Å². The Bertz CT molecular complexity index is 721. The summed E-state index contributed by atoms with van der Waals surface area (Å²) in [6.07, 6.45) is -19.8. The van der Waals surface area contributed by atoms with Gasteiger partial charge in [0, 0.05) is 6.92 Å². The molecule has 204 valence electrons. The molecule has 0 aromatic carbocycles. The lowest BCUT2D eigenvalue weighted by Gasteiger charge is -2.48. The van der Waals surface area contributed by atoms with E-state index in [0.717, 1.165) is 0 Å². The fourth-order valence-electron chi connectivity index (χ4n) is 4.32. The molecule has 0 bridgehead atoms. The molecule has 0 aliphatic carbocycles. The number of hydrogen-bond donors (Lipinski definition) is 8. The van der Waals surface area contributed by atoms with Crippen LogP contribution >= 0.6 is 11.6 Å². The summed E-state index contributed by atoms with van der Waals surface area (Å²) in [4.78, 5) is 11.6. The van der Waals surface area contributed by atoms with Gasteiger partial charge in [-0.2, -0.15) is 0 Å². The van der Waals surface area contributed by atoms with Gasteiger partial charge in [0.1, 0.15) is 61.0 Å². The molecular weight excluding hydrogens is 498 g/mol. The van der Waals surface area contributed by atoms with Gasteiger partial charge in [-0.1, -0.05) is 0 Å². The van der Waals surface area contributed by atoms with Gasteiger partial charge in [-0.3, -0.25) is 4.79 Å². The van der Waals surface area contributed by atoms with E-state index >= 15 is 0 Å². The molecule has 3 aliphatic rings. The highest BCUT2D eigenvalue weighted by Gasteiger charge is 2.52. The molecule has 15 heteroatoms. The van der Waals surface area contributed by atoms with Gasteiger partial charge in [0.15, 0.2) is 18.9 Å². The van der Waals surface area contributed by atoms with Crippen LogP contribution < -0.4 is 5.32 Å². The maximum Gasteiger partial charge on any atom is 0.217 e. The van der Waals surface area contributed by atoms with Crippen LogP contribution in [0.15, 0.2) is 0 Å². The lowest BCUT2D eigenvalue weighted by Crippen LogP contribution is -2.68. The van der Waals surface area contributed by atoms with E-state index in [1.807, 2.05) is 0 Å². The first-order chi connectivity index (χ1) is 16.4. The average Bonchev–Trinajstić information content (AvgIpc) is 2.80. The van der Waals surface area contributed by atoms with Crippen molar-refractivity contribution in [2.45, 2.75) is 113 Å². The highest BCUT2D eigenvalue weighted by Crippen LogP contribution is 2.32. The Kier molecular flexibility index (Phi) is 9.70. The van der Waals surface area contributed by atoms with Gasteiger partial charge in [-0.05, 0) is 13.8 Å². The fourth-order valence-corrected chi connectivity index (χ4v) is 4.57. The van der Waals surface area contributed by atoms with Crippen LogP contribution in [0.25, 0.3) is 0 Å². The van der Waals surface area contributed by atoms with Crippen molar-refractivity contribution in [3.05, 3.63) is 0 Å². The van der Waals surface area contributed by atoms with E-state index in [0.29, 0.717) is 0 Å². The number of aliphatic hydroxyl groups excluding tert-OH is 7. The molecule has 0 aromatic rings. The first-order valence-electron chi connectivity index (χ1n) is 11.2. The maximum absolute atomic E-state index is 11.6. The molecule has 0 aromatic heterocycles. The molecule has 1 amide bonds. The Labute approximate surface area is 206 Å². The number of alkyl halides is 1. The smallest absolute Gasteiger partial charge is 0.217 e. The number of ether oxygens (including phenoxy) is 5. The Morgan fingerprint density at radius 1 is 0.771 bits per heavy atom. The third kappa shape index (κ3) is 6.06. The number of carbonyl (C=O) groups excluding carboxylic acids is 1. The number of halogens is 1. The van der Waals surface area contributed by atoms with Crippen LogP contribution in [0.2, 0.25) is 0 Å². The molecule has 0 saturated carbocycles. The standard InChI is InChI=1S/C20H34ClNO13/c1-5-10(24)13(27)14(28)19(31-5)35-17-11(25)6(2)32-20(15(17)29)34-16-9(22-7(3)23)18(30)33-8(4-21)12(16)26/h5-6,8-20,24-30H,4H2,1-3H3,(H,22,23)/t5-,6-,8+,9+,10-,11-,12+,13+,14+,15+,16+,17+,18?,19-,20-/m0/s1. The van der Waals surface area contributed by atoms with Crippen molar-refractivity contribution in [2.75, 3.05) is 5.88 Å². The van der Waals surface area contributed by atoms with E-state index < -0.39 is 98.0 Å². The minimum atomic E-state index is -1.73. The summed E-state index contributed by atoms with van der Waals surface area (Å²) in [7, 11) is 0. The van der Waals surface area contributed by atoms with Crippen molar-refractivity contribution in [3.8, 4) is 0 Å². The summed E-state index contributed by atoms with van der Waals surface area (Å²) in [6, 6.07) is -1.26. The van der Waals surface area contributed by atoms with Crippen LogP contribution in [0.3, 0.4) is 0 Å².